The summed E-state index contributed by atoms with van der Waals surface area (Å²) in [6, 6.07) is 9.20. The van der Waals surface area contributed by atoms with E-state index in [9.17, 15) is 0 Å². The van der Waals surface area contributed by atoms with Crippen LogP contribution in [0.1, 0.15) is 31.4 Å². The molecule has 2 aromatic rings. The highest BCUT2D eigenvalue weighted by atomic mass is 15.2. The molecular weight excluding hydrogens is 272 g/mol. The van der Waals surface area contributed by atoms with E-state index in [4.69, 9.17) is 0 Å². The largest absolute Gasteiger partial charge is 0.361 e. The second kappa shape index (κ2) is 6.44. The van der Waals surface area contributed by atoms with Gasteiger partial charge >= 0.3 is 0 Å². The fraction of sp³-hybridized carbons (Fsp3) is 0.444. The first-order valence-corrected chi connectivity index (χ1v) is 7.99. The van der Waals surface area contributed by atoms with Gasteiger partial charge in [0.15, 0.2) is 5.82 Å². The maximum absolute atomic E-state index is 4.55. The van der Waals surface area contributed by atoms with Crippen LogP contribution in [0.3, 0.4) is 0 Å². The molecule has 1 fully saturated rings. The quantitative estimate of drug-likeness (QED) is 0.866. The first-order valence-electron chi connectivity index (χ1n) is 7.99. The summed E-state index contributed by atoms with van der Waals surface area (Å²) < 4.78 is 0. The Bertz CT molecular complexity index is 632. The summed E-state index contributed by atoms with van der Waals surface area (Å²) in [5, 5.41) is 0. The second-order valence-electron chi connectivity index (χ2n) is 6.17. The van der Waals surface area contributed by atoms with E-state index in [1.165, 1.54) is 31.5 Å². The number of anilines is 1. The summed E-state index contributed by atoms with van der Waals surface area (Å²) in [4.78, 5) is 13.6. The molecule has 1 aromatic heterocycles. The van der Waals surface area contributed by atoms with Crippen molar-refractivity contribution in [1.29, 1.82) is 0 Å². The lowest BCUT2D eigenvalue weighted by atomic mass is 10.0. The molecule has 4 heteroatoms. The molecule has 0 aliphatic carbocycles. The molecule has 2 heterocycles. The highest BCUT2D eigenvalue weighted by Crippen LogP contribution is 2.30. The molecule has 1 aliphatic rings. The van der Waals surface area contributed by atoms with Crippen molar-refractivity contribution in [2.75, 3.05) is 32.1 Å². The molecule has 3 rings (SSSR count). The van der Waals surface area contributed by atoms with Crippen molar-refractivity contribution in [1.82, 2.24) is 14.9 Å². The zero-order chi connectivity index (χ0) is 15.5. The summed E-state index contributed by atoms with van der Waals surface area (Å²) in [6.45, 7) is 4.72. The minimum Gasteiger partial charge on any atom is -0.361 e. The van der Waals surface area contributed by atoms with Gasteiger partial charge in [-0.15, -0.1) is 0 Å². The smallest absolute Gasteiger partial charge is 0.154 e. The van der Waals surface area contributed by atoms with Crippen LogP contribution in [0, 0.1) is 0 Å². The number of benzene rings is 1. The predicted molar refractivity (Wildman–Crippen MR) is 91.0 cm³/mol. The fourth-order valence-electron chi connectivity index (χ4n) is 3.15. The van der Waals surface area contributed by atoms with Crippen molar-refractivity contribution in [2.24, 2.45) is 0 Å². The van der Waals surface area contributed by atoms with Crippen LogP contribution in [-0.4, -0.2) is 42.1 Å². The number of rotatable bonds is 4. The number of hydrogen-bond acceptors (Lipinski definition) is 4. The Morgan fingerprint density at radius 1 is 1.09 bits per heavy atom. The maximum Gasteiger partial charge on any atom is 0.154 e. The van der Waals surface area contributed by atoms with Gasteiger partial charge in [-0.2, -0.15) is 0 Å². The van der Waals surface area contributed by atoms with Gasteiger partial charge in [-0.25, -0.2) is 4.98 Å². The van der Waals surface area contributed by atoms with Crippen LogP contribution in [0.4, 0.5) is 5.82 Å². The second-order valence-corrected chi connectivity index (χ2v) is 6.17. The molecule has 1 atom stereocenters. The fourth-order valence-corrected chi connectivity index (χ4v) is 3.15. The Morgan fingerprint density at radius 3 is 2.55 bits per heavy atom. The van der Waals surface area contributed by atoms with Crippen molar-refractivity contribution in [3.05, 3.63) is 42.2 Å². The van der Waals surface area contributed by atoms with Crippen molar-refractivity contribution in [3.63, 3.8) is 0 Å². The number of aromatic nitrogens is 2. The Labute approximate surface area is 132 Å². The molecule has 0 N–H and O–H groups in total. The van der Waals surface area contributed by atoms with Crippen LogP contribution in [-0.2, 0) is 0 Å². The number of likely N-dealkylation sites (tertiary alicyclic amines) is 1. The Kier molecular flexibility index (Phi) is 4.39. The van der Waals surface area contributed by atoms with E-state index in [1.54, 1.807) is 12.4 Å². The summed E-state index contributed by atoms with van der Waals surface area (Å²) in [5.41, 5.74) is 3.44. The number of hydrogen-bond donors (Lipinski definition) is 0. The van der Waals surface area contributed by atoms with Crippen molar-refractivity contribution >= 4 is 5.82 Å². The molecule has 0 spiro atoms. The first-order chi connectivity index (χ1) is 10.7. The van der Waals surface area contributed by atoms with Gasteiger partial charge in [-0.1, -0.05) is 18.2 Å². The summed E-state index contributed by atoms with van der Waals surface area (Å²) in [7, 11) is 4.01. The van der Waals surface area contributed by atoms with E-state index in [0.717, 1.165) is 17.1 Å². The van der Waals surface area contributed by atoms with Crippen LogP contribution < -0.4 is 4.90 Å². The molecule has 0 amide bonds. The monoisotopic (exact) mass is 296 g/mol. The summed E-state index contributed by atoms with van der Waals surface area (Å²) in [6.07, 6.45) is 6.15. The SMILES string of the molecule is CC(c1cccc(-c2nccnc2N(C)C)c1)N1CCCC1. The van der Waals surface area contributed by atoms with Gasteiger partial charge in [0.1, 0.15) is 5.69 Å². The average Bonchev–Trinajstić information content (AvgIpc) is 3.08. The standard InChI is InChI=1S/C18H24N4/c1-14(22-11-4-5-12-22)15-7-6-8-16(13-15)17-18(21(2)3)20-10-9-19-17/h6-10,13-14H,4-5,11-12H2,1-3H3. The van der Waals surface area contributed by atoms with E-state index in [1.807, 2.05) is 19.0 Å². The molecule has 22 heavy (non-hydrogen) atoms. The first kappa shape index (κ1) is 15.0. The third-order valence-electron chi connectivity index (χ3n) is 4.43. The molecule has 1 aliphatic heterocycles. The molecule has 1 aromatic carbocycles. The Balaban J connectivity index is 1.94. The molecule has 0 saturated carbocycles. The zero-order valence-corrected chi connectivity index (χ0v) is 13.7. The van der Waals surface area contributed by atoms with Gasteiger partial charge in [0.25, 0.3) is 0 Å². The summed E-state index contributed by atoms with van der Waals surface area (Å²) >= 11 is 0. The van der Waals surface area contributed by atoms with Crippen LogP contribution in [0.25, 0.3) is 11.3 Å². The van der Waals surface area contributed by atoms with Crippen LogP contribution in [0.15, 0.2) is 36.7 Å². The normalized spacial score (nSPS) is 16.7. The minimum absolute atomic E-state index is 0.460. The van der Waals surface area contributed by atoms with Crippen molar-refractivity contribution < 1.29 is 0 Å². The van der Waals surface area contributed by atoms with Crippen LogP contribution in [0.5, 0.6) is 0 Å². The van der Waals surface area contributed by atoms with Gasteiger partial charge in [-0.3, -0.25) is 9.88 Å². The summed E-state index contributed by atoms with van der Waals surface area (Å²) in [5.74, 6) is 0.911. The molecule has 4 nitrogen and oxygen atoms in total. The molecular formula is C18H24N4. The lowest BCUT2D eigenvalue weighted by Gasteiger charge is -2.24. The Hall–Kier alpha value is -1.94. The molecule has 0 radical (unpaired) electrons. The minimum atomic E-state index is 0.460. The van der Waals surface area contributed by atoms with Gasteiger partial charge in [0, 0.05) is 38.1 Å². The molecule has 0 bridgehead atoms. The van der Waals surface area contributed by atoms with Crippen LogP contribution in [0.2, 0.25) is 0 Å². The van der Waals surface area contributed by atoms with Crippen LogP contribution >= 0.6 is 0 Å². The highest BCUT2D eigenvalue weighted by molar-refractivity contribution is 5.72. The lowest BCUT2D eigenvalue weighted by Crippen LogP contribution is -2.23. The lowest BCUT2D eigenvalue weighted by molar-refractivity contribution is 0.263. The van der Waals surface area contributed by atoms with E-state index >= 15 is 0 Å². The average molecular weight is 296 g/mol. The van der Waals surface area contributed by atoms with Crippen molar-refractivity contribution in [3.8, 4) is 11.3 Å². The van der Waals surface area contributed by atoms with E-state index in [0.29, 0.717) is 6.04 Å². The van der Waals surface area contributed by atoms with Crippen molar-refractivity contribution in [2.45, 2.75) is 25.8 Å². The highest BCUT2D eigenvalue weighted by Gasteiger charge is 2.20. The molecule has 1 saturated heterocycles. The zero-order valence-electron chi connectivity index (χ0n) is 13.7. The van der Waals surface area contributed by atoms with Gasteiger partial charge in [0.05, 0.1) is 0 Å². The van der Waals surface area contributed by atoms with Gasteiger partial charge < -0.3 is 4.90 Å². The van der Waals surface area contributed by atoms with Gasteiger partial charge in [-0.05, 0) is 44.5 Å². The molecule has 116 valence electrons. The van der Waals surface area contributed by atoms with E-state index in [-0.39, 0.29) is 0 Å². The van der Waals surface area contributed by atoms with Gasteiger partial charge in [0.2, 0.25) is 0 Å². The third-order valence-corrected chi connectivity index (χ3v) is 4.43. The number of nitrogens with zero attached hydrogens (tertiary/aromatic N) is 4. The topological polar surface area (TPSA) is 32.3 Å². The van der Waals surface area contributed by atoms with E-state index in [2.05, 4.69) is 46.1 Å². The predicted octanol–water partition coefficient (Wildman–Crippen LogP) is 3.37. The third kappa shape index (κ3) is 2.97. The Morgan fingerprint density at radius 2 is 1.82 bits per heavy atom. The van der Waals surface area contributed by atoms with E-state index < -0.39 is 0 Å². The molecule has 1 unspecified atom stereocenters. The maximum atomic E-state index is 4.55.